The summed E-state index contributed by atoms with van der Waals surface area (Å²) in [4.78, 5) is 13.7. The molecule has 1 saturated heterocycles. The summed E-state index contributed by atoms with van der Waals surface area (Å²) in [5.74, 6) is 2.19. The summed E-state index contributed by atoms with van der Waals surface area (Å²) in [5.41, 5.74) is 3.57. The number of nitrogens with one attached hydrogen (secondary N) is 1. The van der Waals surface area contributed by atoms with Crippen molar-refractivity contribution in [1.82, 2.24) is 10.3 Å². The van der Waals surface area contributed by atoms with Crippen LogP contribution in [0.1, 0.15) is 5.56 Å². The Morgan fingerprint density at radius 3 is 3.06 bits per heavy atom. The van der Waals surface area contributed by atoms with Crippen molar-refractivity contribution in [1.29, 1.82) is 0 Å². The van der Waals surface area contributed by atoms with Gasteiger partial charge in [-0.05, 0) is 16.8 Å². The van der Waals surface area contributed by atoms with Crippen molar-refractivity contribution in [3.8, 4) is 0 Å². The van der Waals surface area contributed by atoms with Crippen LogP contribution in [0.15, 0.2) is 21.9 Å². The fourth-order valence-electron chi connectivity index (χ4n) is 1.52. The summed E-state index contributed by atoms with van der Waals surface area (Å²) >= 11 is 3.55. The maximum Gasteiger partial charge on any atom is 0.254 e. The molecule has 2 rings (SSSR count). The number of thiophene rings is 1. The molecule has 0 aliphatic carbocycles. The van der Waals surface area contributed by atoms with Crippen molar-refractivity contribution >= 4 is 35.2 Å². The van der Waals surface area contributed by atoms with E-state index in [1.165, 1.54) is 0 Å². The molecule has 1 amide bonds. The smallest absolute Gasteiger partial charge is 0.254 e. The molecule has 0 radical (unpaired) electrons. The van der Waals surface area contributed by atoms with Gasteiger partial charge in [0.1, 0.15) is 0 Å². The lowest BCUT2D eigenvalue weighted by Gasteiger charge is -2.24. The van der Waals surface area contributed by atoms with Gasteiger partial charge in [0.25, 0.3) is 5.91 Å². The zero-order valence-electron chi connectivity index (χ0n) is 9.46. The van der Waals surface area contributed by atoms with Gasteiger partial charge in [0.2, 0.25) is 0 Å². The fourth-order valence-corrected chi connectivity index (χ4v) is 3.11. The van der Waals surface area contributed by atoms with E-state index in [0.717, 1.165) is 30.2 Å². The van der Waals surface area contributed by atoms with Crippen LogP contribution in [0.25, 0.3) is 0 Å². The molecule has 1 fully saturated rings. The lowest BCUT2D eigenvalue weighted by Crippen LogP contribution is -2.40. The van der Waals surface area contributed by atoms with Crippen molar-refractivity contribution in [2.75, 3.05) is 31.1 Å². The van der Waals surface area contributed by atoms with E-state index in [-0.39, 0.29) is 5.91 Å². The fraction of sp³-hybridized carbons (Fsp3) is 0.455. The number of thioether (sulfide) groups is 1. The molecular formula is C11H15N3OS2. The Bertz CT molecular complexity index is 372. The van der Waals surface area contributed by atoms with E-state index in [1.54, 1.807) is 17.6 Å². The Morgan fingerprint density at radius 1 is 1.53 bits per heavy atom. The van der Waals surface area contributed by atoms with Crippen LogP contribution in [0.3, 0.4) is 0 Å². The van der Waals surface area contributed by atoms with Gasteiger partial charge in [-0.3, -0.25) is 9.69 Å². The van der Waals surface area contributed by atoms with Crippen molar-refractivity contribution in [3.63, 3.8) is 0 Å². The normalized spacial score (nSPS) is 17.4. The molecule has 1 N–H and O–H groups in total. The monoisotopic (exact) mass is 269 g/mol. The molecule has 0 atom stereocenters. The molecule has 1 aliphatic rings. The quantitative estimate of drug-likeness (QED) is 0.661. The Labute approximate surface area is 109 Å². The Kier molecular flexibility index (Phi) is 5.03. The number of carbonyl (C=O) groups is 1. The highest BCUT2D eigenvalue weighted by atomic mass is 32.2. The van der Waals surface area contributed by atoms with Gasteiger partial charge in [-0.25, -0.2) is 5.43 Å². The topological polar surface area (TPSA) is 44.7 Å². The Morgan fingerprint density at radius 2 is 2.35 bits per heavy atom. The highest BCUT2D eigenvalue weighted by molar-refractivity contribution is 7.99. The van der Waals surface area contributed by atoms with Gasteiger partial charge in [0.15, 0.2) is 0 Å². The van der Waals surface area contributed by atoms with Crippen molar-refractivity contribution in [3.05, 3.63) is 22.4 Å². The number of hydrazone groups is 1. The van der Waals surface area contributed by atoms with Gasteiger partial charge in [0.05, 0.1) is 12.8 Å². The summed E-state index contributed by atoms with van der Waals surface area (Å²) in [6.45, 7) is 2.43. The summed E-state index contributed by atoms with van der Waals surface area (Å²) in [6, 6.07) is 1.96. The van der Waals surface area contributed by atoms with Crippen LogP contribution in [0.2, 0.25) is 0 Å². The maximum absolute atomic E-state index is 11.6. The first-order valence-corrected chi connectivity index (χ1v) is 7.58. The molecule has 0 spiro atoms. The minimum Gasteiger partial charge on any atom is -0.293 e. The van der Waals surface area contributed by atoms with E-state index in [9.17, 15) is 4.79 Å². The summed E-state index contributed by atoms with van der Waals surface area (Å²) in [6.07, 6.45) is 1.67. The highest BCUT2D eigenvalue weighted by Gasteiger charge is 2.13. The summed E-state index contributed by atoms with van der Waals surface area (Å²) < 4.78 is 0. The minimum absolute atomic E-state index is 0.0385. The van der Waals surface area contributed by atoms with E-state index in [0.29, 0.717) is 6.54 Å². The molecule has 2 heterocycles. The van der Waals surface area contributed by atoms with Gasteiger partial charge >= 0.3 is 0 Å². The van der Waals surface area contributed by atoms with E-state index >= 15 is 0 Å². The molecular weight excluding hydrogens is 254 g/mol. The van der Waals surface area contributed by atoms with E-state index in [2.05, 4.69) is 15.4 Å². The van der Waals surface area contributed by atoms with Gasteiger partial charge in [-0.15, -0.1) is 0 Å². The third kappa shape index (κ3) is 4.49. The number of carbonyl (C=O) groups excluding carboxylic acids is 1. The minimum atomic E-state index is -0.0385. The second kappa shape index (κ2) is 6.78. The third-order valence-electron chi connectivity index (χ3n) is 2.42. The van der Waals surface area contributed by atoms with Gasteiger partial charge in [-0.2, -0.15) is 28.2 Å². The average Bonchev–Trinajstić information content (AvgIpc) is 2.83. The predicted molar refractivity (Wildman–Crippen MR) is 73.8 cm³/mol. The van der Waals surface area contributed by atoms with Crippen LogP contribution in [0, 0.1) is 0 Å². The first-order chi connectivity index (χ1) is 8.34. The van der Waals surface area contributed by atoms with Crippen LogP contribution in [0.4, 0.5) is 0 Å². The molecule has 17 heavy (non-hydrogen) atoms. The zero-order valence-corrected chi connectivity index (χ0v) is 11.1. The number of hydrogen-bond donors (Lipinski definition) is 1. The molecule has 0 unspecified atom stereocenters. The second-order valence-corrected chi connectivity index (χ2v) is 5.74. The van der Waals surface area contributed by atoms with Crippen LogP contribution in [0.5, 0.6) is 0 Å². The van der Waals surface area contributed by atoms with Crippen molar-refractivity contribution in [2.45, 2.75) is 0 Å². The van der Waals surface area contributed by atoms with Crippen LogP contribution < -0.4 is 5.43 Å². The molecule has 92 valence electrons. The first-order valence-electron chi connectivity index (χ1n) is 5.49. The van der Waals surface area contributed by atoms with Crippen LogP contribution in [-0.4, -0.2) is 48.2 Å². The number of nitrogens with zero attached hydrogens (tertiary/aromatic N) is 2. The average molecular weight is 269 g/mol. The van der Waals surface area contributed by atoms with Gasteiger partial charge in [0, 0.05) is 30.2 Å². The standard InChI is InChI=1S/C11H15N3OS2/c15-11(8-14-2-5-16-6-3-14)13-12-7-10-1-4-17-9-10/h1,4,7,9H,2-3,5-6,8H2,(H,13,15). The summed E-state index contributed by atoms with van der Waals surface area (Å²) in [5, 5.41) is 7.89. The first kappa shape index (κ1) is 12.6. The van der Waals surface area contributed by atoms with Gasteiger partial charge < -0.3 is 0 Å². The van der Waals surface area contributed by atoms with E-state index in [4.69, 9.17) is 0 Å². The molecule has 1 aromatic rings. The van der Waals surface area contributed by atoms with Crippen molar-refractivity contribution < 1.29 is 4.79 Å². The number of hydrogen-bond acceptors (Lipinski definition) is 5. The predicted octanol–water partition coefficient (Wildman–Crippen LogP) is 1.25. The Hall–Kier alpha value is -0.850. The zero-order chi connectivity index (χ0) is 11.9. The van der Waals surface area contributed by atoms with Crippen LogP contribution in [-0.2, 0) is 4.79 Å². The number of amides is 1. The molecule has 6 heteroatoms. The second-order valence-electron chi connectivity index (χ2n) is 3.74. The molecule has 4 nitrogen and oxygen atoms in total. The SMILES string of the molecule is O=C(CN1CCSCC1)NN=Cc1ccsc1. The lowest BCUT2D eigenvalue weighted by molar-refractivity contribution is -0.122. The maximum atomic E-state index is 11.6. The van der Waals surface area contributed by atoms with Crippen LogP contribution >= 0.6 is 23.1 Å². The molecule has 1 aromatic heterocycles. The highest BCUT2D eigenvalue weighted by Crippen LogP contribution is 2.08. The molecule has 0 saturated carbocycles. The molecule has 0 bridgehead atoms. The third-order valence-corrected chi connectivity index (χ3v) is 4.06. The van der Waals surface area contributed by atoms with E-state index in [1.807, 2.05) is 28.6 Å². The lowest BCUT2D eigenvalue weighted by atomic mass is 10.4. The van der Waals surface area contributed by atoms with E-state index < -0.39 is 0 Å². The summed E-state index contributed by atoms with van der Waals surface area (Å²) in [7, 11) is 0. The number of rotatable bonds is 4. The molecule has 1 aliphatic heterocycles. The molecule has 0 aromatic carbocycles. The largest absolute Gasteiger partial charge is 0.293 e. The van der Waals surface area contributed by atoms with Crippen molar-refractivity contribution in [2.24, 2.45) is 5.10 Å². The van der Waals surface area contributed by atoms with Gasteiger partial charge in [-0.1, -0.05) is 0 Å². The Balaban J connectivity index is 1.70.